The molecular formula is C11H22N2O4S. The highest BCUT2D eigenvalue weighted by atomic mass is 32.1. The van der Waals surface area contributed by atoms with E-state index in [4.69, 9.17) is 9.47 Å². The van der Waals surface area contributed by atoms with Crippen LogP contribution < -0.4 is 10.6 Å². The van der Waals surface area contributed by atoms with Gasteiger partial charge in [-0.2, -0.15) is 0 Å². The maximum atomic E-state index is 11.4. The van der Waals surface area contributed by atoms with Gasteiger partial charge in [-0.25, -0.2) is 9.59 Å². The molecule has 2 N–H and O–H groups in total. The number of alkyl carbamates (subject to hydrolysis) is 2. The zero-order valence-corrected chi connectivity index (χ0v) is 12.6. The minimum atomic E-state index is -0.880. The molecular weight excluding hydrogens is 256 g/mol. The minimum Gasteiger partial charge on any atom is -0.444 e. The Morgan fingerprint density at radius 2 is 1.17 bits per heavy atom. The fourth-order valence-corrected chi connectivity index (χ4v) is 1.09. The van der Waals surface area contributed by atoms with Crippen LogP contribution in [-0.2, 0) is 9.47 Å². The quantitative estimate of drug-likeness (QED) is 0.535. The molecule has 0 radical (unpaired) electrons. The molecule has 0 fully saturated rings. The Labute approximate surface area is 113 Å². The number of rotatable bonds is 2. The maximum Gasteiger partial charge on any atom is 0.409 e. The third-order valence-corrected chi connectivity index (χ3v) is 1.57. The van der Waals surface area contributed by atoms with E-state index in [1.807, 2.05) is 0 Å². The molecule has 7 heteroatoms. The molecule has 0 heterocycles. The van der Waals surface area contributed by atoms with Crippen LogP contribution in [0, 0.1) is 0 Å². The van der Waals surface area contributed by atoms with Gasteiger partial charge in [0.25, 0.3) is 0 Å². The monoisotopic (exact) mass is 278 g/mol. The second kappa shape index (κ2) is 6.17. The summed E-state index contributed by atoms with van der Waals surface area (Å²) in [7, 11) is 0. The van der Waals surface area contributed by atoms with E-state index in [1.165, 1.54) is 0 Å². The Kier molecular flexibility index (Phi) is 5.79. The van der Waals surface area contributed by atoms with Crippen molar-refractivity contribution in [3.05, 3.63) is 0 Å². The van der Waals surface area contributed by atoms with E-state index >= 15 is 0 Å². The Morgan fingerprint density at radius 3 is 1.39 bits per heavy atom. The number of hydrogen-bond donors (Lipinski definition) is 3. The van der Waals surface area contributed by atoms with Crippen LogP contribution >= 0.6 is 12.6 Å². The fourth-order valence-electron chi connectivity index (χ4n) is 0.874. The maximum absolute atomic E-state index is 11.4. The standard InChI is InChI=1S/C11H22N2O4S/c1-10(2,3)16-8(14)12-7(18)13-9(15)17-11(4,5)6/h7,18H,1-6H3,(H,12,14)(H,13,15). The lowest BCUT2D eigenvalue weighted by Crippen LogP contribution is -2.47. The molecule has 6 nitrogen and oxygen atoms in total. The summed E-state index contributed by atoms with van der Waals surface area (Å²) >= 11 is 3.98. The SMILES string of the molecule is CC(C)(C)OC(=O)NC(S)NC(=O)OC(C)(C)C. The Hall–Kier alpha value is -1.11. The van der Waals surface area contributed by atoms with Gasteiger partial charge in [0.15, 0.2) is 5.50 Å². The van der Waals surface area contributed by atoms with Crippen molar-refractivity contribution < 1.29 is 19.1 Å². The van der Waals surface area contributed by atoms with Crippen molar-refractivity contribution in [2.75, 3.05) is 0 Å². The first kappa shape index (κ1) is 16.9. The molecule has 0 aliphatic rings. The van der Waals surface area contributed by atoms with Crippen LogP contribution in [0.4, 0.5) is 9.59 Å². The molecule has 0 aromatic rings. The van der Waals surface area contributed by atoms with Crippen molar-refractivity contribution in [2.45, 2.75) is 58.2 Å². The summed E-state index contributed by atoms with van der Waals surface area (Å²) in [6.45, 7) is 10.4. The lowest BCUT2D eigenvalue weighted by atomic mass is 10.2. The highest BCUT2D eigenvalue weighted by molar-refractivity contribution is 7.80. The van der Waals surface area contributed by atoms with E-state index < -0.39 is 28.9 Å². The predicted octanol–water partition coefficient (Wildman–Crippen LogP) is 2.25. The number of thiol groups is 1. The molecule has 0 saturated heterocycles. The lowest BCUT2D eigenvalue weighted by molar-refractivity contribution is 0.0464. The van der Waals surface area contributed by atoms with E-state index in [0.717, 1.165) is 0 Å². The van der Waals surface area contributed by atoms with Crippen molar-refractivity contribution in [1.82, 2.24) is 10.6 Å². The molecule has 0 rings (SSSR count). The fraction of sp³-hybridized carbons (Fsp3) is 0.818. The van der Waals surface area contributed by atoms with Crippen LogP contribution in [-0.4, -0.2) is 28.9 Å². The second-order valence-electron chi connectivity index (χ2n) is 5.69. The number of carbonyl (C=O) groups is 2. The third-order valence-electron chi connectivity index (χ3n) is 1.31. The van der Waals surface area contributed by atoms with E-state index in [0.29, 0.717) is 0 Å². The molecule has 0 aliphatic heterocycles. The third kappa shape index (κ3) is 10.1. The van der Waals surface area contributed by atoms with Gasteiger partial charge < -0.3 is 9.47 Å². The Balaban J connectivity index is 4.08. The topological polar surface area (TPSA) is 76.7 Å². The van der Waals surface area contributed by atoms with Gasteiger partial charge >= 0.3 is 12.2 Å². The highest BCUT2D eigenvalue weighted by Crippen LogP contribution is 2.08. The first-order valence-corrected chi connectivity index (χ1v) is 6.08. The van der Waals surface area contributed by atoms with Gasteiger partial charge in [0.2, 0.25) is 0 Å². The first-order chi connectivity index (χ1) is 7.89. The van der Waals surface area contributed by atoms with Crippen molar-refractivity contribution >= 4 is 24.8 Å². The molecule has 0 unspecified atom stereocenters. The molecule has 18 heavy (non-hydrogen) atoms. The van der Waals surface area contributed by atoms with Crippen molar-refractivity contribution in [3.63, 3.8) is 0 Å². The van der Waals surface area contributed by atoms with Gasteiger partial charge in [0, 0.05) is 0 Å². The van der Waals surface area contributed by atoms with Gasteiger partial charge in [-0.1, -0.05) is 0 Å². The normalized spacial score (nSPS) is 12.0. The number of amides is 2. The Bertz CT molecular complexity index is 277. The smallest absolute Gasteiger partial charge is 0.409 e. The predicted molar refractivity (Wildman–Crippen MR) is 71.5 cm³/mol. The minimum absolute atomic E-state index is 0.608. The van der Waals surface area contributed by atoms with Crippen molar-refractivity contribution in [3.8, 4) is 0 Å². The van der Waals surface area contributed by atoms with E-state index in [1.54, 1.807) is 41.5 Å². The van der Waals surface area contributed by atoms with Gasteiger partial charge in [-0.3, -0.25) is 10.6 Å². The number of nitrogens with one attached hydrogen (secondary N) is 2. The van der Waals surface area contributed by atoms with Crippen molar-refractivity contribution in [1.29, 1.82) is 0 Å². The summed E-state index contributed by atoms with van der Waals surface area (Å²) in [4.78, 5) is 22.7. The van der Waals surface area contributed by atoms with Crippen molar-refractivity contribution in [2.24, 2.45) is 0 Å². The molecule has 0 saturated carbocycles. The average molecular weight is 278 g/mol. The summed E-state index contributed by atoms with van der Waals surface area (Å²) in [5.41, 5.74) is -2.10. The molecule has 0 aliphatic carbocycles. The number of ether oxygens (including phenoxy) is 2. The van der Waals surface area contributed by atoms with Crippen LogP contribution in [0.1, 0.15) is 41.5 Å². The molecule has 0 bridgehead atoms. The average Bonchev–Trinajstić information content (AvgIpc) is 1.92. The van der Waals surface area contributed by atoms with Gasteiger partial charge in [0.05, 0.1) is 0 Å². The van der Waals surface area contributed by atoms with E-state index in [-0.39, 0.29) is 0 Å². The van der Waals surface area contributed by atoms with Gasteiger partial charge in [-0.15, -0.1) is 12.6 Å². The van der Waals surface area contributed by atoms with Crippen LogP contribution in [0.5, 0.6) is 0 Å². The number of hydrogen-bond acceptors (Lipinski definition) is 5. The Morgan fingerprint density at radius 1 is 0.889 bits per heavy atom. The highest BCUT2D eigenvalue weighted by Gasteiger charge is 2.21. The largest absolute Gasteiger partial charge is 0.444 e. The van der Waals surface area contributed by atoms with E-state index in [2.05, 4.69) is 23.3 Å². The molecule has 0 spiro atoms. The summed E-state index contributed by atoms with van der Waals surface area (Å²) in [6.07, 6.45) is -1.34. The first-order valence-electron chi connectivity index (χ1n) is 5.56. The molecule has 106 valence electrons. The van der Waals surface area contributed by atoms with Crippen LogP contribution in [0.3, 0.4) is 0 Å². The summed E-state index contributed by atoms with van der Waals surface area (Å²) in [6, 6.07) is 0. The zero-order valence-electron chi connectivity index (χ0n) is 11.7. The van der Waals surface area contributed by atoms with Crippen LogP contribution in [0.25, 0.3) is 0 Å². The van der Waals surface area contributed by atoms with Gasteiger partial charge in [0.1, 0.15) is 11.2 Å². The van der Waals surface area contributed by atoms with Crippen LogP contribution in [0.2, 0.25) is 0 Å². The summed E-state index contributed by atoms with van der Waals surface area (Å²) in [5.74, 6) is 0. The van der Waals surface area contributed by atoms with E-state index in [9.17, 15) is 9.59 Å². The molecule has 0 atom stereocenters. The summed E-state index contributed by atoms with van der Waals surface area (Å²) in [5, 5.41) is 4.69. The second-order valence-corrected chi connectivity index (χ2v) is 6.21. The van der Waals surface area contributed by atoms with Crippen LogP contribution in [0.15, 0.2) is 0 Å². The number of carbonyl (C=O) groups excluding carboxylic acids is 2. The summed E-state index contributed by atoms with van der Waals surface area (Å²) < 4.78 is 10.00. The zero-order chi connectivity index (χ0) is 14.6. The van der Waals surface area contributed by atoms with Gasteiger partial charge in [-0.05, 0) is 41.5 Å². The molecule has 2 amide bonds. The molecule has 0 aromatic heterocycles. The molecule has 0 aromatic carbocycles. The lowest BCUT2D eigenvalue weighted by Gasteiger charge is -2.23.